The average Bonchev–Trinajstić information content (AvgIpc) is 2.99. The number of rotatable bonds is 10. The van der Waals surface area contributed by atoms with Gasteiger partial charge in [0.25, 0.3) is 5.56 Å². The molecule has 3 aromatic carbocycles. The minimum Gasteiger partial charge on any atom is -0.494 e. The smallest absolute Gasteiger partial charge is 0.346 e. The van der Waals surface area contributed by atoms with Crippen molar-refractivity contribution in [3.63, 3.8) is 0 Å². The highest BCUT2D eigenvalue weighted by Crippen LogP contribution is 2.43. The fourth-order valence-corrected chi connectivity index (χ4v) is 5.46. The quantitative estimate of drug-likeness (QED) is 0.126. The Morgan fingerprint density at radius 1 is 1.07 bits per heavy atom. The first-order valence-electron chi connectivity index (χ1n) is 13.7. The highest BCUT2D eigenvalue weighted by molar-refractivity contribution is 9.13. The van der Waals surface area contributed by atoms with Gasteiger partial charge in [-0.1, -0.05) is 26.0 Å². The predicted octanol–water partition coefficient (Wildman–Crippen LogP) is 7.25. The van der Waals surface area contributed by atoms with Gasteiger partial charge in [0.2, 0.25) is 0 Å². The molecule has 0 amide bonds. The first-order valence-corrected chi connectivity index (χ1v) is 15.2. The summed E-state index contributed by atoms with van der Waals surface area (Å²) >= 11 is 7.13. The maximum atomic E-state index is 13.9. The molecule has 0 saturated carbocycles. The molecule has 0 bridgehead atoms. The third kappa shape index (κ3) is 6.62. The van der Waals surface area contributed by atoms with Crippen LogP contribution in [0, 0.1) is 6.92 Å². The molecule has 4 aromatic rings. The zero-order chi connectivity index (χ0) is 31.4. The first kappa shape index (κ1) is 32.2. The lowest BCUT2D eigenvalue weighted by Gasteiger charge is -2.19. The molecule has 0 saturated heterocycles. The SMILES string of the molecule is CCOc1cc(C)c(-c2nc3ccccc3c(=O)n2N=Cc2cc(OC)c(O[C@H](C)C(=O)OC)c(Br)c2Br)cc1C(C)C. The number of para-hydroxylation sites is 1. The third-order valence-corrected chi connectivity index (χ3v) is 8.93. The molecule has 11 heteroatoms. The van der Waals surface area contributed by atoms with Crippen molar-refractivity contribution in [2.24, 2.45) is 5.10 Å². The molecule has 0 fully saturated rings. The summed E-state index contributed by atoms with van der Waals surface area (Å²) in [6.07, 6.45) is 0.666. The van der Waals surface area contributed by atoms with E-state index < -0.39 is 12.1 Å². The number of ether oxygens (including phenoxy) is 4. The summed E-state index contributed by atoms with van der Waals surface area (Å²) in [6, 6.07) is 12.9. The van der Waals surface area contributed by atoms with Gasteiger partial charge in [-0.05, 0) is 100 Å². The van der Waals surface area contributed by atoms with Gasteiger partial charge in [-0.2, -0.15) is 9.78 Å². The normalized spacial score (nSPS) is 12.1. The van der Waals surface area contributed by atoms with Gasteiger partial charge in [-0.25, -0.2) is 9.78 Å². The second-order valence-corrected chi connectivity index (χ2v) is 11.6. The van der Waals surface area contributed by atoms with E-state index in [1.807, 2.05) is 38.1 Å². The number of carbonyl (C=O) groups is 1. The van der Waals surface area contributed by atoms with E-state index in [0.717, 1.165) is 22.4 Å². The number of hydrogen-bond donors (Lipinski definition) is 0. The van der Waals surface area contributed by atoms with Crippen LogP contribution in [0.25, 0.3) is 22.3 Å². The Balaban J connectivity index is 1.91. The number of halogens is 2. The van der Waals surface area contributed by atoms with E-state index in [1.54, 1.807) is 31.3 Å². The topological polar surface area (TPSA) is 101 Å². The largest absolute Gasteiger partial charge is 0.494 e. The standard InChI is InChI=1S/C32H33Br2N3O6/c1-8-42-25-13-18(4)23(15-22(25)17(2)3)30-36-24-12-10-9-11-21(24)31(38)37(30)35-16-20-14-26(40-6)29(28(34)27(20)33)43-19(5)32(39)41-7/h9-17,19H,8H2,1-7H3/t19-/m1/s1. The van der Waals surface area contributed by atoms with Crippen LogP contribution < -0.4 is 19.8 Å². The van der Waals surface area contributed by atoms with Gasteiger partial charge in [0, 0.05) is 15.6 Å². The van der Waals surface area contributed by atoms with Crippen LogP contribution in [-0.2, 0) is 9.53 Å². The van der Waals surface area contributed by atoms with Gasteiger partial charge < -0.3 is 18.9 Å². The van der Waals surface area contributed by atoms with Crippen LogP contribution in [0.15, 0.2) is 61.3 Å². The van der Waals surface area contributed by atoms with Crippen LogP contribution in [0.5, 0.6) is 17.2 Å². The summed E-state index contributed by atoms with van der Waals surface area (Å²) < 4.78 is 24.5. The molecule has 9 nitrogen and oxygen atoms in total. The summed E-state index contributed by atoms with van der Waals surface area (Å²) in [4.78, 5) is 30.7. The average molecular weight is 715 g/mol. The summed E-state index contributed by atoms with van der Waals surface area (Å²) in [5, 5.41) is 5.09. The molecule has 0 spiro atoms. The predicted molar refractivity (Wildman–Crippen MR) is 175 cm³/mol. The number of benzene rings is 3. The zero-order valence-electron chi connectivity index (χ0n) is 25.0. The Bertz CT molecular complexity index is 1770. The van der Waals surface area contributed by atoms with Crippen LogP contribution in [0.3, 0.4) is 0 Å². The zero-order valence-corrected chi connectivity index (χ0v) is 28.2. The highest BCUT2D eigenvalue weighted by Gasteiger charge is 2.23. The Morgan fingerprint density at radius 2 is 1.79 bits per heavy atom. The number of carbonyl (C=O) groups excluding carboxylic acids is 1. The molecule has 1 atom stereocenters. The van der Waals surface area contributed by atoms with E-state index in [-0.39, 0.29) is 11.5 Å². The summed E-state index contributed by atoms with van der Waals surface area (Å²) in [5.41, 5.74) is 3.51. The minimum absolute atomic E-state index is 0.174. The number of esters is 1. The lowest BCUT2D eigenvalue weighted by atomic mass is 9.96. The van der Waals surface area contributed by atoms with Crippen molar-refractivity contribution >= 4 is 54.9 Å². The van der Waals surface area contributed by atoms with Gasteiger partial charge in [0.15, 0.2) is 23.4 Å². The number of methoxy groups -OCH3 is 2. The Kier molecular flexibility index (Phi) is 10.3. The van der Waals surface area contributed by atoms with Crippen molar-refractivity contribution in [2.75, 3.05) is 20.8 Å². The maximum Gasteiger partial charge on any atom is 0.346 e. The fourth-order valence-electron chi connectivity index (χ4n) is 4.55. The molecule has 1 aromatic heterocycles. The molecule has 1 heterocycles. The summed E-state index contributed by atoms with van der Waals surface area (Å²) in [7, 11) is 2.78. The van der Waals surface area contributed by atoms with Crippen LogP contribution in [0.2, 0.25) is 0 Å². The molecule has 0 aliphatic rings. The number of aromatic nitrogens is 2. The minimum atomic E-state index is -0.875. The molecule has 0 N–H and O–H groups in total. The van der Waals surface area contributed by atoms with Gasteiger partial charge in [0.05, 0.1) is 42.4 Å². The molecule has 0 aliphatic heterocycles. The van der Waals surface area contributed by atoms with Gasteiger partial charge in [-0.15, -0.1) is 0 Å². The van der Waals surface area contributed by atoms with Crippen LogP contribution in [0.1, 0.15) is 50.3 Å². The third-order valence-electron chi connectivity index (χ3n) is 6.79. The molecule has 4 rings (SSSR count). The van der Waals surface area contributed by atoms with Crippen molar-refractivity contribution in [1.82, 2.24) is 9.66 Å². The van der Waals surface area contributed by atoms with Gasteiger partial charge >= 0.3 is 5.97 Å². The van der Waals surface area contributed by atoms with E-state index >= 15 is 0 Å². The van der Waals surface area contributed by atoms with E-state index in [4.69, 9.17) is 23.9 Å². The number of hydrogen-bond acceptors (Lipinski definition) is 8. The number of aryl methyl sites for hydroxylation is 1. The van der Waals surface area contributed by atoms with Crippen LogP contribution in [0.4, 0.5) is 0 Å². The lowest BCUT2D eigenvalue weighted by molar-refractivity contribution is -0.147. The lowest BCUT2D eigenvalue weighted by Crippen LogP contribution is -2.25. The van der Waals surface area contributed by atoms with E-state index in [9.17, 15) is 9.59 Å². The molecule has 0 aliphatic carbocycles. The second kappa shape index (κ2) is 13.7. The molecule has 43 heavy (non-hydrogen) atoms. The summed E-state index contributed by atoms with van der Waals surface area (Å²) in [5.74, 6) is 1.50. The number of fused-ring (bicyclic) bond motifs is 1. The molecule has 0 unspecified atom stereocenters. The maximum absolute atomic E-state index is 13.9. The molecule has 0 radical (unpaired) electrons. The van der Waals surface area contributed by atoms with E-state index in [1.165, 1.54) is 18.9 Å². The van der Waals surface area contributed by atoms with E-state index in [0.29, 0.717) is 49.3 Å². The monoisotopic (exact) mass is 713 g/mol. The van der Waals surface area contributed by atoms with Gasteiger partial charge in [0.1, 0.15) is 5.75 Å². The van der Waals surface area contributed by atoms with Crippen molar-refractivity contribution in [3.8, 4) is 28.6 Å². The fraction of sp³-hybridized carbons (Fsp3) is 0.312. The Hall–Kier alpha value is -3.70. The van der Waals surface area contributed by atoms with Crippen LogP contribution in [-0.4, -0.2) is 48.8 Å². The van der Waals surface area contributed by atoms with Crippen molar-refractivity contribution in [1.29, 1.82) is 0 Å². The van der Waals surface area contributed by atoms with Crippen LogP contribution >= 0.6 is 31.9 Å². The first-order chi connectivity index (χ1) is 20.5. The Morgan fingerprint density at radius 3 is 2.44 bits per heavy atom. The van der Waals surface area contributed by atoms with Crippen molar-refractivity contribution in [2.45, 2.75) is 46.6 Å². The molecule has 226 valence electrons. The molecular weight excluding hydrogens is 682 g/mol. The van der Waals surface area contributed by atoms with Gasteiger partial charge in [-0.3, -0.25) is 4.79 Å². The highest BCUT2D eigenvalue weighted by atomic mass is 79.9. The summed E-state index contributed by atoms with van der Waals surface area (Å²) in [6.45, 7) is 10.2. The second-order valence-electron chi connectivity index (χ2n) is 10.0. The Labute approximate surface area is 267 Å². The van der Waals surface area contributed by atoms with Crippen molar-refractivity contribution in [3.05, 3.63) is 78.5 Å². The number of nitrogens with zero attached hydrogens (tertiary/aromatic N) is 3. The van der Waals surface area contributed by atoms with Crippen molar-refractivity contribution < 1.29 is 23.7 Å². The van der Waals surface area contributed by atoms with E-state index in [2.05, 4.69) is 50.8 Å². The molecular formula is C32H33Br2N3O6.